The fraction of sp³-hybridized carbons (Fsp3) is 0.353. The lowest BCUT2D eigenvalue weighted by Gasteiger charge is -2.38. The minimum absolute atomic E-state index is 0.0526. The van der Waals surface area contributed by atoms with Gasteiger partial charge >= 0.3 is 0 Å². The lowest BCUT2D eigenvalue weighted by Crippen LogP contribution is -2.54. The first-order valence-corrected chi connectivity index (χ1v) is 7.75. The lowest BCUT2D eigenvalue weighted by atomic mass is 9.97. The van der Waals surface area contributed by atoms with Crippen LogP contribution in [0.3, 0.4) is 0 Å². The number of amides is 2. The number of nitrogens with one attached hydrogen (secondary N) is 1. The smallest absolute Gasteiger partial charge is 0.231 e. The predicted octanol–water partition coefficient (Wildman–Crippen LogP) is 1.51. The minimum atomic E-state index is -0.322. The minimum Gasteiger partial charge on any atom is -0.341 e. The summed E-state index contributed by atoms with van der Waals surface area (Å²) >= 11 is 0. The molecule has 0 radical (unpaired) electrons. The Bertz CT molecular complexity index is 763. The number of carbonyl (C=O) groups is 2. The number of nitrogens with zero attached hydrogens (tertiary/aromatic N) is 3. The number of likely N-dealkylation sites (tertiary alicyclic amines) is 1. The van der Waals surface area contributed by atoms with Crippen molar-refractivity contribution in [2.75, 3.05) is 18.4 Å². The third kappa shape index (κ3) is 3.45. The van der Waals surface area contributed by atoms with Gasteiger partial charge in [0.1, 0.15) is 5.82 Å². The van der Waals surface area contributed by atoms with E-state index in [1.165, 1.54) is 12.1 Å². The van der Waals surface area contributed by atoms with Crippen LogP contribution in [-0.4, -0.2) is 39.6 Å². The van der Waals surface area contributed by atoms with Crippen LogP contribution in [0.1, 0.15) is 11.3 Å². The SMILES string of the molecule is Cc1nn(C)cc1NC(=O)C1CN(C(=O)Cc2ccc(F)cc2)C1. The van der Waals surface area contributed by atoms with Crippen molar-refractivity contribution in [1.82, 2.24) is 14.7 Å². The number of anilines is 1. The molecule has 2 heterocycles. The average molecular weight is 330 g/mol. The highest BCUT2D eigenvalue weighted by Gasteiger charge is 2.35. The summed E-state index contributed by atoms with van der Waals surface area (Å²) in [6.07, 6.45) is 1.97. The second-order valence-electron chi connectivity index (χ2n) is 6.09. The molecule has 2 amide bonds. The normalized spacial score (nSPS) is 14.4. The molecule has 3 rings (SSSR count). The van der Waals surface area contributed by atoms with Crippen LogP contribution in [0.5, 0.6) is 0 Å². The molecule has 24 heavy (non-hydrogen) atoms. The number of carbonyl (C=O) groups excluding carboxylic acids is 2. The lowest BCUT2D eigenvalue weighted by molar-refractivity contribution is -0.140. The first-order chi connectivity index (χ1) is 11.4. The number of aryl methyl sites for hydroxylation is 2. The van der Waals surface area contributed by atoms with Crippen molar-refractivity contribution in [3.8, 4) is 0 Å². The van der Waals surface area contributed by atoms with Gasteiger partial charge in [0.15, 0.2) is 0 Å². The van der Waals surface area contributed by atoms with Crippen LogP contribution in [0.4, 0.5) is 10.1 Å². The van der Waals surface area contributed by atoms with Gasteiger partial charge in [0, 0.05) is 26.3 Å². The van der Waals surface area contributed by atoms with Gasteiger partial charge in [-0.3, -0.25) is 14.3 Å². The van der Waals surface area contributed by atoms with Gasteiger partial charge < -0.3 is 10.2 Å². The Balaban J connectivity index is 1.49. The maximum Gasteiger partial charge on any atom is 0.231 e. The second kappa shape index (κ2) is 6.43. The molecule has 0 atom stereocenters. The quantitative estimate of drug-likeness (QED) is 0.924. The summed E-state index contributed by atoms with van der Waals surface area (Å²) in [5, 5.41) is 7.02. The summed E-state index contributed by atoms with van der Waals surface area (Å²) in [6, 6.07) is 5.88. The van der Waals surface area contributed by atoms with Gasteiger partial charge in [-0.05, 0) is 24.6 Å². The molecule has 1 aromatic carbocycles. The molecule has 1 aromatic heterocycles. The number of rotatable bonds is 4. The molecular formula is C17H19FN4O2. The molecule has 1 aliphatic rings. The van der Waals surface area contributed by atoms with Crippen molar-refractivity contribution >= 4 is 17.5 Å². The monoisotopic (exact) mass is 330 g/mol. The Morgan fingerprint density at radius 3 is 2.54 bits per heavy atom. The maximum absolute atomic E-state index is 12.9. The Morgan fingerprint density at radius 2 is 1.96 bits per heavy atom. The molecule has 126 valence electrons. The topological polar surface area (TPSA) is 67.2 Å². The van der Waals surface area contributed by atoms with Gasteiger partial charge in [-0.2, -0.15) is 5.10 Å². The number of hydrogen-bond donors (Lipinski definition) is 1. The van der Waals surface area contributed by atoms with E-state index in [4.69, 9.17) is 0 Å². The molecule has 0 saturated carbocycles. The van der Waals surface area contributed by atoms with E-state index in [1.54, 1.807) is 35.0 Å². The highest BCUT2D eigenvalue weighted by atomic mass is 19.1. The maximum atomic E-state index is 12.9. The zero-order valence-corrected chi connectivity index (χ0v) is 13.6. The summed E-state index contributed by atoms with van der Waals surface area (Å²) in [5.41, 5.74) is 2.22. The number of halogens is 1. The molecule has 6 nitrogen and oxygen atoms in total. The van der Waals surface area contributed by atoms with Crippen LogP contribution >= 0.6 is 0 Å². The molecule has 2 aromatic rings. The number of benzene rings is 1. The first-order valence-electron chi connectivity index (χ1n) is 7.75. The number of hydrogen-bond acceptors (Lipinski definition) is 3. The summed E-state index contributed by atoms with van der Waals surface area (Å²) < 4.78 is 14.5. The summed E-state index contributed by atoms with van der Waals surface area (Å²) in [7, 11) is 1.79. The van der Waals surface area contributed by atoms with E-state index in [2.05, 4.69) is 10.4 Å². The molecule has 7 heteroatoms. The van der Waals surface area contributed by atoms with Crippen molar-refractivity contribution in [1.29, 1.82) is 0 Å². The Kier molecular flexibility index (Phi) is 4.33. The van der Waals surface area contributed by atoms with E-state index >= 15 is 0 Å². The Labute approximate surface area is 139 Å². The molecular weight excluding hydrogens is 311 g/mol. The third-order valence-electron chi connectivity index (χ3n) is 4.14. The van der Waals surface area contributed by atoms with E-state index in [9.17, 15) is 14.0 Å². The third-order valence-corrected chi connectivity index (χ3v) is 4.14. The van der Waals surface area contributed by atoms with Crippen molar-refractivity contribution < 1.29 is 14.0 Å². The van der Waals surface area contributed by atoms with Crippen LogP contribution in [0, 0.1) is 18.7 Å². The zero-order chi connectivity index (χ0) is 17.3. The second-order valence-corrected chi connectivity index (χ2v) is 6.09. The van der Waals surface area contributed by atoms with Crippen LogP contribution in [0.15, 0.2) is 30.5 Å². The van der Waals surface area contributed by atoms with E-state index in [0.717, 1.165) is 11.3 Å². The molecule has 0 bridgehead atoms. The van der Waals surface area contributed by atoms with Crippen molar-refractivity contribution in [2.45, 2.75) is 13.3 Å². The first kappa shape index (κ1) is 16.2. The molecule has 1 saturated heterocycles. The zero-order valence-electron chi connectivity index (χ0n) is 13.6. The highest BCUT2D eigenvalue weighted by Crippen LogP contribution is 2.20. The van der Waals surface area contributed by atoms with Crippen LogP contribution in [-0.2, 0) is 23.1 Å². The summed E-state index contributed by atoms with van der Waals surface area (Å²) in [4.78, 5) is 26.0. The van der Waals surface area contributed by atoms with Crippen LogP contribution in [0.2, 0.25) is 0 Å². The van der Waals surface area contributed by atoms with E-state index in [-0.39, 0.29) is 30.0 Å². The molecule has 1 fully saturated rings. The van der Waals surface area contributed by atoms with E-state index < -0.39 is 0 Å². The fourth-order valence-electron chi connectivity index (χ4n) is 2.69. The van der Waals surface area contributed by atoms with Gasteiger partial charge in [-0.15, -0.1) is 0 Å². The summed E-state index contributed by atoms with van der Waals surface area (Å²) in [5.74, 6) is -0.681. The Hall–Kier alpha value is -2.70. The predicted molar refractivity (Wildman–Crippen MR) is 86.7 cm³/mol. The summed E-state index contributed by atoms with van der Waals surface area (Å²) in [6.45, 7) is 2.64. The Morgan fingerprint density at radius 1 is 1.29 bits per heavy atom. The van der Waals surface area contributed by atoms with Gasteiger partial charge in [0.2, 0.25) is 11.8 Å². The molecule has 1 N–H and O–H groups in total. The molecule has 0 aliphatic carbocycles. The van der Waals surface area contributed by atoms with Gasteiger partial charge in [0.25, 0.3) is 0 Å². The average Bonchev–Trinajstić information content (AvgIpc) is 2.77. The van der Waals surface area contributed by atoms with Gasteiger partial charge in [-0.25, -0.2) is 4.39 Å². The van der Waals surface area contributed by atoms with Crippen molar-refractivity contribution in [2.24, 2.45) is 13.0 Å². The van der Waals surface area contributed by atoms with Crippen molar-refractivity contribution in [3.63, 3.8) is 0 Å². The van der Waals surface area contributed by atoms with Gasteiger partial charge in [-0.1, -0.05) is 12.1 Å². The van der Waals surface area contributed by atoms with Gasteiger partial charge in [0.05, 0.1) is 23.7 Å². The van der Waals surface area contributed by atoms with Crippen LogP contribution < -0.4 is 5.32 Å². The molecule has 1 aliphatic heterocycles. The van der Waals surface area contributed by atoms with Crippen molar-refractivity contribution in [3.05, 3.63) is 47.5 Å². The molecule has 0 unspecified atom stereocenters. The number of aromatic nitrogens is 2. The van der Waals surface area contributed by atoms with E-state index in [1.807, 2.05) is 6.92 Å². The van der Waals surface area contributed by atoms with Crippen LogP contribution in [0.25, 0.3) is 0 Å². The fourth-order valence-corrected chi connectivity index (χ4v) is 2.69. The highest BCUT2D eigenvalue weighted by molar-refractivity contribution is 5.95. The van der Waals surface area contributed by atoms with E-state index in [0.29, 0.717) is 18.8 Å². The molecule has 0 spiro atoms. The largest absolute Gasteiger partial charge is 0.341 e. The standard InChI is InChI=1S/C17H19FN4O2/c1-11-15(10-21(2)20-11)19-17(24)13-8-22(9-13)16(23)7-12-3-5-14(18)6-4-12/h3-6,10,13H,7-9H2,1-2H3,(H,19,24).